The Labute approximate surface area is 197 Å². The monoisotopic (exact) mass is 472 g/mol. The van der Waals surface area contributed by atoms with Gasteiger partial charge in [-0.1, -0.05) is 23.2 Å². The normalized spacial score (nSPS) is 22.8. The Morgan fingerprint density at radius 3 is 2.53 bits per heavy atom. The van der Waals surface area contributed by atoms with Crippen LogP contribution in [0, 0.1) is 5.92 Å². The summed E-state index contributed by atoms with van der Waals surface area (Å²) < 4.78 is 11.9. The first-order valence-corrected chi connectivity index (χ1v) is 11.7. The molecule has 2 aliphatic heterocycles. The summed E-state index contributed by atoms with van der Waals surface area (Å²) in [7, 11) is 3.91. The van der Waals surface area contributed by atoms with Gasteiger partial charge in [0.15, 0.2) is 11.5 Å². The predicted octanol–water partition coefficient (Wildman–Crippen LogP) is 5.94. The lowest BCUT2D eigenvalue weighted by Crippen LogP contribution is -2.41. The molecule has 6 nitrogen and oxygen atoms in total. The summed E-state index contributed by atoms with van der Waals surface area (Å²) in [6.45, 7) is 0.697. The third-order valence-corrected chi connectivity index (χ3v) is 7.51. The number of ether oxygens (including phenoxy) is 2. The average molecular weight is 473 g/mol. The molecule has 0 amide bonds. The highest BCUT2D eigenvalue weighted by Gasteiger charge is 2.38. The molecule has 168 valence electrons. The van der Waals surface area contributed by atoms with Gasteiger partial charge in [0.05, 0.1) is 29.3 Å². The van der Waals surface area contributed by atoms with Crippen LogP contribution in [0.4, 0.5) is 11.5 Å². The SMILES string of the molecule is COc1cc2c(Nc3ccc(Cl)c(Cl)c3)ncnc2cc1OC[C@H]1C[C@H]2CC[C@@H](C1)N2C. The number of benzene rings is 2. The fourth-order valence-electron chi connectivity index (χ4n) is 5.01. The first-order chi connectivity index (χ1) is 15.5. The fourth-order valence-corrected chi connectivity index (χ4v) is 5.31. The molecule has 0 spiro atoms. The minimum Gasteiger partial charge on any atom is -0.493 e. The smallest absolute Gasteiger partial charge is 0.163 e. The van der Waals surface area contributed by atoms with Crippen LogP contribution in [0.2, 0.25) is 10.0 Å². The van der Waals surface area contributed by atoms with Crippen LogP contribution in [0.25, 0.3) is 10.9 Å². The largest absolute Gasteiger partial charge is 0.493 e. The van der Waals surface area contributed by atoms with Gasteiger partial charge in [0.2, 0.25) is 0 Å². The maximum atomic E-state index is 6.27. The molecule has 3 aromatic rings. The van der Waals surface area contributed by atoms with Crippen molar-refractivity contribution in [3.63, 3.8) is 0 Å². The Kier molecular flexibility index (Phi) is 6.01. The maximum Gasteiger partial charge on any atom is 0.163 e. The number of aromatic nitrogens is 2. The van der Waals surface area contributed by atoms with Gasteiger partial charge >= 0.3 is 0 Å². The molecule has 2 saturated heterocycles. The molecule has 0 unspecified atom stereocenters. The second-order valence-electron chi connectivity index (χ2n) is 8.70. The van der Waals surface area contributed by atoms with E-state index in [1.807, 2.05) is 18.2 Å². The van der Waals surface area contributed by atoms with Crippen LogP contribution in [0.3, 0.4) is 0 Å². The number of methoxy groups -OCH3 is 1. The summed E-state index contributed by atoms with van der Waals surface area (Å²) in [4.78, 5) is 11.4. The number of rotatable bonds is 6. The van der Waals surface area contributed by atoms with Crippen LogP contribution in [-0.2, 0) is 0 Å². The first kappa shape index (κ1) is 21.6. The number of fused-ring (bicyclic) bond motifs is 3. The van der Waals surface area contributed by atoms with Gasteiger partial charge in [-0.15, -0.1) is 0 Å². The van der Waals surface area contributed by atoms with Crippen molar-refractivity contribution < 1.29 is 9.47 Å². The van der Waals surface area contributed by atoms with Gasteiger partial charge in [0.25, 0.3) is 0 Å². The van der Waals surface area contributed by atoms with E-state index in [-0.39, 0.29) is 0 Å². The molecule has 1 N–H and O–H groups in total. The molecule has 2 bridgehead atoms. The molecular formula is C24H26Cl2N4O2. The second kappa shape index (κ2) is 8.93. The van der Waals surface area contributed by atoms with E-state index in [0.29, 0.717) is 52.0 Å². The molecule has 3 heterocycles. The quantitative estimate of drug-likeness (QED) is 0.478. The van der Waals surface area contributed by atoms with Crippen LogP contribution >= 0.6 is 23.2 Å². The summed E-state index contributed by atoms with van der Waals surface area (Å²) in [5.74, 6) is 2.61. The van der Waals surface area contributed by atoms with Crippen molar-refractivity contribution in [2.45, 2.75) is 37.8 Å². The lowest BCUT2D eigenvalue weighted by Gasteiger charge is -2.36. The van der Waals surface area contributed by atoms with Gasteiger partial charge < -0.3 is 19.7 Å². The van der Waals surface area contributed by atoms with Crippen LogP contribution in [0.1, 0.15) is 25.7 Å². The summed E-state index contributed by atoms with van der Waals surface area (Å²) in [6, 6.07) is 10.6. The average Bonchev–Trinajstić information content (AvgIpc) is 2.99. The predicted molar refractivity (Wildman–Crippen MR) is 129 cm³/mol. The minimum atomic E-state index is 0.477. The third kappa shape index (κ3) is 4.19. The number of nitrogens with one attached hydrogen (secondary N) is 1. The lowest BCUT2D eigenvalue weighted by atomic mass is 9.92. The van der Waals surface area contributed by atoms with Crippen molar-refractivity contribution in [3.05, 3.63) is 46.7 Å². The summed E-state index contributed by atoms with van der Waals surface area (Å²) in [6.07, 6.45) is 6.55. The van der Waals surface area contributed by atoms with Gasteiger partial charge in [-0.25, -0.2) is 9.97 Å². The highest BCUT2D eigenvalue weighted by molar-refractivity contribution is 6.42. The summed E-state index contributed by atoms with van der Waals surface area (Å²) in [5, 5.41) is 5.11. The summed E-state index contributed by atoms with van der Waals surface area (Å²) >= 11 is 12.2. The lowest BCUT2D eigenvalue weighted by molar-refractivity contribution is 0.101. The highest BCUT2D eigenvalue weighted by atomic mass is 35.5. The Balaban J connectivity index is 1.37. The van der Waals surface area contributed by atoms with Crippen molar-refractivity contribution >= 4 is 45.6 Å². The van der Waals surface area contributed by atoms with Crippen LogP contribution in [0.15, 0.2) is 36.7 Å². The van der Waals surface area contributed by atoms with Crippen molar-refractivity contribution in [2.24, 2.45) is 5.92 Å². The minimum absolute atomic E-state index is 0.477. The molecule has 1 aromatic heterocycles. The van der Waals surface area contributed by atoms with Crippen molar-refractivity contribution in [1.29, 1.82) is 0 Å². The second-order valence-corrected chi connectivity index (χ2v) is 9.51. The van der Waals surface area contributed by atoms with E-state index in [2.05, 4.69) is 27.2 Å². The summed E-state index contributed by atoms with van der Waals surface area (Å²) in [5.41, 5.74) is 1.57. The number of halogens is 2. The molecule has 0 saturated carbocycles. The van der Waals surface area contributed by atoms with Crippen LogP contribution < -0.4 is 14.8 Å². The molecule has 5 rings (SSSR count). The maximum absolute atomic E-state index is 6.27. The molecule has 32 heavy (non-hydrogen) atoms. The van der Waals surface area contributed by atoms with Crippen molar-refractivity contribution in [3.8, 4) is 11.5 Å². The van der Waals surface area contributed by atoms with Crippen LogP contribution in [0.5, 0.6) is 11.5 Å². The van der Waals surface area contributed by atoms with Crippen molar-refractivity contribution in [2.75, 3.05) is 26.1 Å². The zero-order chi connectivity index (χ0) is 22.2. The van der Waals surface area contributed by atoms with Gasteiger partial charge in [-0.3, -0.25) is 0 Å². The van der Waals surface area contributed by atoms with E-state index in [1.54, 1.807) is 19.2 Å². The van der Waals surface area contributed by atoms with E-state index in [0.717, 1.165) is 16.6 Å². The number of hydrogen-bond donors (Lipinski definition) is 1. The number of hydrogen-bond acceptors (Lipinski definition) is 6. The number of piperidine rings is 1. The van der Waals surface area contributed by atoms with E-state index < -0.39 is 0 Å². The zero-order valence-electron chi connectivity index (χ0n) is 18.1. The number of anilines is 2. The van der Waals surface area contributed by atoms with Gasteiger partial charge in [-0.2, -0.15) is 0 Å². The molecule has 2 fully saturated rings. The van der Waals surface area contributed by atoms with Gasteiger partial charge in [0, 0.05) is 29.2 Å². The molecule has 3 atom stereocenters. The van der Waals surface area contributed by atoms with Gasteiger partial charge in [0.1, 0.15) is 12.1 Å². The van der Waals surface area contributed by atoms with E-state index in [4.69, 9.17) is 32.7 Å². The highest BCUT2D eigenvalue weighted by Crippen LogP contribution is 2.39. The Morgan fingerprint density at radius 2 is 1.81 bits per heavy atom. The molecule has 2 aromatic carbocycles. The van der Waals surface area contributed by atoms with Gasteiger partial charge in [-0.05, 0) is 62.9 Å². The van der Waals surface area contributed by atoms with Crippen molar-refractivity contribution in [1.82, 2.24) is 14.9 Å². The molecule has 2 aliphatic rings. The Hall–Kier alpha value is -2.28. The standard InChI is InChI=1S/C24H26Cl2N4O2/c1-30-16-4-5-17(30)8-14(7-16)12-32-23-11-21-18(10-22(23)31-2)24(28-13-27-21)29-15-3-6-19(25)20(26)9-15/h3,6,9-11,13-14,16-17H,4-5,7-8,12H2,1-2H3,(H,27,28,29)/t14-,16+,17-. The third-order valence-electron chi connectivity index (χ3n) is 6.77. The first-order valence-electron chi connectivity index (χ1n) is 10.9. The molecule has 0 aliphatic carbocycles. The van der Waals surface area contributed by atoms with Crippen LogP contribution in [-0.4, -0.2) is 47.7 Å². The molecule has 0 radical (unpaired) electrons. The topological polar surface area (TPSA) is 59.5 Å². The Bertz CT molecular complexity index is 1130. The van der Waals surface area contributed by atoms with E-state index >= 15 is 0 Å². The molecule has 8 heteroatoms. The number of nitrogens with zero attached hydrogens (tertiary/aromatic N) is 3. The Morgan fingerprint density at radius 1 is 1.03 bits per heavy atom. The van der Waals surface area contributed by atoms with E-state index in [1.165, 1.54) is 32.0 Å². The molecular weight excluding hydrogens is 447 g/mol. The van der Waals surface area contributed by atoms with E-state index in [9.17, 15) is 0 Å². The zero-order valence-corrected chi connectivity index (χ0v) is 19.7. The fraction of sp³-hybridized carbons (Fsp3) is 0.417.